The van der Waals surface area contributed by atoms with Crippen LogP contribution in [0.4, 0.5) is 0 Å². The molecule has 0 bridgehead atoms. The lowest BCUT2D eigenvalue weighted by Crippen LogP contribution is -2.28. The van der Waals surface area contributed by atoms with Crippen molar-refractivity contribution < 1.29 is 24.2 Å². The molecule has 0 aliphatic carbocycles. The van der Waals surface area contributed by atoms with Gasteiger partial charge in [0.1, 0.15) is 6.61 Å². The van der Waals surface area contributed by atoms with E-state index in [2.05, 4.69) is 38.2 Å². The number of unbranched alkanes of at least 4 members (excludes halogenated alkanes) is 19. The van der Waals surface area contributed by atoms with Gasteiger partial charge in [-0.2, -0.15) is 0 Å². The van der Waals surface area contributed by atoms with Crippen molar-refractivity contribution in [2.45, 2.75) is 180 Å². The number of aliphatic hydroxyl groups is 1. The van der Waals surface area contributed by atoms with E-state index in [1.165, 1.54) is 96.3 Å². The summed E-state index contributed by atoms with van der Waals surface area (Å²) in [7, 11) is 0. The molecule has 0 rings (SSSR count). The van der Waals surface area contributed by atoms with E-state index in [-0.39, 0.29) is 25.2 Å². The Morgan fingerprint density at radius 3 is 1.49 bits per heavy atom. The molecular formula is C36H66O5. The Balaban J connectivity index is 3.60. The first-order valence-electron chi connectivity index (χ1n) is 17.4. The van der Waals surface area contributed by atoms with E-state index >= 15 is 0 Å². The van der Waals surface area contributed by atoms with Gasteiger partial charge in [-0.3, -0.25) is 9.59 Å². The summed E-state index contributed by atoms with van der Waals surface area (Å²) in [5.74, 6) is -0.605. The van der Waals surface area contributed by atoms with E-state index in [1.807, 2.05) is 0 Å². The van der Waals surface area contributed by atoms with Crippen LogP contribution < -0.4 is 0 Å². The molecule has 0 saturated carbocycles. The van der Waals surface area contributed by atoms with Crippen LogP contribution >= 0.6 is 0 Å². The Bertz CT molecular complexity index is 627. The summed E-state index contributed by atoms with van der Waals surface area (Å²) in [6.07, 6.45) is 36.5. The maximum Gasteiger partial charge on any atom is 0.306 e. The van der Waals surface area contributed by atoms with Gasteiger partial charge in [-0.05, 0) is 44.9 Å². The summed E-state index contributed by atoms with van der Waals surface area (Å²) < 4.78 is 10.5. The fourth-order valence-corrected chi connectivity index (χ4v) is 4.82. The van der Waals surface area contributed by atoms with Crippen LogP contribution in [0, 0.1) is 0 Å². The lowest BCUT2D eigenvalue weighted by molar-refractivity contribution is -0.161. The second-order valence-electron chi connectivity index (χ2n) is 11.6. The minimum absolute atomic E-state index is 0.0680. The maximum absolute atomic E-state index is 12.1. The SMILES string of the molecule is CCCCCC=CCC=CCCCCCCCC(=O)O[C@@H](CO)COC(=O)CCCCCCCCCCCCCC. The molecule has 0 fully saturated rings. The van der Waals surface area contributed by atoms with Crippen molar-refractivity contribution >= 4 is 11.9 Å². The molecule has 0 aromatic rings. The predicted molar refractivity (Wildman–Crippen MR) is 173 cm³/mol. The molecule has 1 atom stereocenters. The average molecular weight is 579 g/mol. The Morgan fingerprint density at radius 1 is 0.561 bits per heavy atom. The van der Waals surface area contributed by atoms with Crippen LogP contribution in [0.2, 0.25) is 0 Å². The lowest BCUT2D eigenvalue weighted by atomic mass is 10.0. The summed E-state index contributed by atoms with van der Waals surface area (Å²) in [6.45, 7) is 4.09. The van der Waals surface area contributed by atoms with Crippen LogP contribution in [0.5, 0.6) is 0 Å². The van der Waals surface area contributed by atoms with E-state index in [1.54, 1.807) is 0 Å². The van der Waals surface area contributed by atoms with Gasteiger partial charge in [-0.15, -0.1) is 0 Å². The first-order valence-corrected chi connectivity index (χ1v) is 17.4. The number of carbonyl (C=O) groups is 2. The highest BCUT2D eigenvalue weighted by atomic mass is 16.6. The summed E-state index contributed by atoms with van der Waals surface area (Å²) in [4.78, 5) is 24.1. The van der Waals surface area contributed by atoms with Crippen LogP contribution in [0.3, 0.4) is 0 Å². The van der Waals surface area contributed by atoms with Crippen LogP contribution in [0.1, 0.15) is 174 Å². The number of ether oxygens (including phenoxy) is 2. The van der Waals surface area contributed by atoms with Gasteiger partial charge in [0.05, 0.1) is 6.61 Å². The monoisotopic (exact) mass is 578 g/mol. The predicted octanol–water partition coefficient (Wildman–Crippen LogP) is 10.3. The number of rotatable bonds is 31. The largest absolute Gasteiger partial charge is 0.462 e. The van der Waals surface area contributed by atoms with Gasteiger partial charge in [0.2, 0.25) is 0 Å². The molecule has 0 unspecified atom stereocenters. The molecule has 0 radical (unpaired) electrons. The minimum atomic E-state index is -0.772. The number of allylic oxidation sites excluding steroid dienone is 4. The molecule has 0 aliphatic rings. The third-order valence-electron chi connectivity index (χ3n) is 7.50. The third kappa shape index (κ3) is 31.2. The number of hydrogen-bond acceptors (Lipinski definition) is 5. The van der Waals surface area contributed by atoms with E-state index < -0.39 is 6.10 Å². The van der Waals surface area contributed by atoms with Gasteiger partial charge in [0.25, 0.3) is 0 Å². The number of esters is 2. The molecule has 240 valence electrons. The van der Waals surface area contributed by atoms with Gasteiger partial charge in [-0.25, -0.2) is 0 Å². The molecule has 0 saturated heterocycles. The Labute approximate surface area is 253 Å². The molecule has 0 heterocycles. The second kappa shape index (κ2) is 32.9. The van der Waals surface area contributed by atoms with Crippen molar-refractivity contribution in [3.05, 3.63) is 24.3 Å². The minimum Gasteiger partial charge on any atom is -0.462 e. The summed E-state index contributed by atoms with van der Waals surface area (Å²) >= 11 is 0. The van der Waals surface area contributed by atoms with E-state index in [4.69, 9.17) is 9.47 Å². The van der Waals surface area contributed by atoms with E-state index in [0.29, 0.717) is 12.8 Å². The van der Waals surface area contributed by atoms with Gasteiger partial charge in [-0.1, -0.05) is 141 Å². The van der Waals surface area contributed by atoms with Crippen molar-refractivity contribution in [3.63, 3.8) is 0 Å². The van der Waals surface area contributed by atoms with Gasteiger partial charge < -0.3 is 14.6 Å². The summed E-state index contributed by atoms with van der Waals surface area (Å²) in [5.41, 5.74) is 0. The van der Waals surface area contributed by atoms with Crippen LogP contribution in [0.25, 0.3) is 0 Å². The zero-order valence-corrected chi connectivity index (χ0v) is 27.1. The van der Waals surface area contributed by atoms with Crippen molar-refractivity contribution in [3.8, 4) is 0 Å². The van der Waals surface area contributed by atoms with E-state index in [0.717, 1.165) is 51.4 Å². The molecule has 0 aromatic carbocycles. The lowest BCUT2D eigenvalue weighted by Gasteiger charge is -2.15. The summed E-state index contributed by atoms with van der Waals surface area (Å²) in [6, 6.07) is 0. The summed E-state index contributed by atoms with van der Waals surface area (Å²) in [5, 5.41) is 9.50. The fraction of sp³-hybridized carbons (Fsp3) is 0.833. The number of carbonyl (C=O) groups excluding carboxylic acids is 2. The normalized spacial score (nSPS) is 12.4. The number of hydrogen-bond donors (Lipinski definition) is 1. The first-order chi connectivity index (χ1) is 20.1. The molecule has 5 nitrogen and oxygen atoms in total. The average Bonchev–Trinajstić information content (AvgIpc) is 2.97. The molecule has 0 aromatic heterocycles. The Kier molecular flexibility index (Phi) is 31.6. The topological polar surface area (TPSA) is 72.8 Å². The standard InChI is InChI=1S/C36H66O5/c1-3-5-7-9-11-13-15-17-18-19-21-23-25-27-29-31-36(39)41-34(32-37)33-40-35(38)30-28-26-24-22-20-16-14-12-10-8-6-4-2/h11,13,17-18,34,37H,3-10,12,14-16,19-33H2,1-2H3/t34-/m0/s1. The van der Waals surface area contributed by atoms with E-state index in [9.17, 15) is 14.7 Å². The van der Waals surface area contributed by atoms with Crippen LogP contribution in [-0.4, -0.2) is 36.4 Å². The third-order valence-corrected chi connectivity index (χ3v) is 7.50. The van der Waals surface area contributed by atoms with Crippen LogP contribution in [0.15, 0.2) is 24.3 Å². The Morgan fingerprint density at radius 2 is 0.976 bits per heavy atom. The highest BCUT2D eigenvalue weighted by Gasteiger charge is 2.16. The van der Waals surface area contributed by atoms with Crippen molar-refractivity contribution in [2.75, 3.05) is 13.2 Å². The maximum atomic E-state index is 12.1. The zero-order chi connectivity index (χ0) is 30.1. The highest BCUT2D eigenvalue weighted by Crippen LogP contribution is 2.13. The first kappa shape index (κ1) is 39.4. The van der Waals surface area contributed by atoms with Gasteiger partial charge in [0.15, 0.2) is 6.10 Å². The molecule has 0 spiro atoms. The second-order valence-corrected chi connectivity index (χ2v) is 11.6. The molecule has 5 heteroatoms. The highest BCUT2D eigenvalue weighted by molar-refractivity contribution is 5.70. The van der Waals surface area contributed by atoms with Crippen molar-refractivity contribution in [1.29, 1.82) is 0 Å². The van der Waals surface area contributed by atoms with Gasteiger partial charge >= 0.3 is 11.9 Å². The molecule has 0 amide bonds. The smallest absolute Gasteiger partial charge is 0.306 e. The fourth-order valence-electron chi connectivity index (χ4n) is 4.82. The Hall–Kier alpha value is -1.62. The van der Waals surface area contributed by atoms with Crippen molar-refractivity contribution in [2.24, 2.45) is 0 Å². The van der Waals surface area contributed by atoms with Crippen molar-refractivity contribution in [1.82, 2.24) is 0 Å². The molecular weight excluding hydrogens is 512 g/mol. The molecule has 1 N–H and O–H groups in total. The van der Waals surface area contributed by atoms with Gasteiger partial charge in [0, 0.05) is 12.8 Å². The molecule has 0 aliphatic heterocycles. The zero-order valence-electron chi connectivity index (χ0n) is 27.1. The molecule has 41 heavy (non-hydrogen) atoms. The quantitative estimate of drug-likeness (QED) is 0.0503. The number of aliphatic hydroxyl groups excluding tert-OH is 1. The van der Waals surface area contributed by atoms with Crippen LogP contribution in [-0.2, 0) is 19.1 Å².